The van der Waals surface area contributed by atoms with Crippen molar-refractivity contribution in [3.8, 4) is 0 Å². The number of hydrogen-bond donors (Lipinski definition) is 2. The summed E-state index contributed by atoms with van der Waals surface area (Å²) in [6, 6.07) is -0.348. The zero-order chi connectivity index (χ0) is 15.8. The Hall–Kier alpha value is -1.70. The zero-order valence-electron chi connectivity index (χ0n) is 12.4. The predicted octanol–water partition coefficient (Wildman–Crippen LogP) is 0.659. The fourth-order valence-corrected chi connectivity index (χ4v) is 2.73. The number of carbonyl (C=O) groups is 3. The Labute approximate surface area is 127 Å². The molecule has 0 spiro atoms. The number of thioether (sulfide) groups is 1. The molecule has 0 radical (unpaired) electrons. The molecule has 2 N–H and O–H groups in total. The van der Waals surface area contributed by atoms with Gasteiger partial charge in [0.1, 0.15) is 0 Å². The molecule has 0 aromatic rings. The van der Waals surface area contributed by atoms with E-state index in [0.29, 0.717) is 22.8 Å². The lowest BCUT2D eigenvalue weighted by atomic mass is 10.2. The van der Waals surface area contributed by atoms with Gasteiger partial charge in [-0.15, -0.1) is 0 Å². The molecule has 0 bridgehead atoms. The number of ether oxygens (including phenoxy) is 2. The fraction of sp³-hybridized carbons (Fsp3) is 0.615. The van der Waals surface area contributed by atoms with Crippen molar-refractivity contribution in [2.24, 2.45) is 5.92 Å². The van der Waals surface area contributed by atoms with E-state index in [-0.39, 0.29) is 31.1 Å². The number of urea groups is 1. The molecule has 8 heteroatoms. The van der Waals surface area contributed by atoms with Crippen LogP contribution < -0.4 is 10.6 Å². The lowest BCUT2D eigenvalue weighted by Gasteiger charge is -2.21. The van der Waals surface area contributed by atoms with E-state index < -0.39 is 5.97 Å². The Morgan fingerprint density at radius 1 is 1.43 bits per heavy atom. The van der Waals surface area contributed by atoms with Crippen molar-refractivity contribution in [3.05, 3.63) is 11.3 Å². The molecule has 1 aliphatic rings. The van der Waals surface area contributed by atoms with Gasteiger partial charge in [0.05, 0.1) is 31.8 Å². The van der Waals surface area contributed by atoms with Crippen LogP contribution >= 0.6 is 11.8 Å². The third-order valence-electron chi connectivity index (χ3n) is 2.79. The highest BCUT2D eigenvalue weighted by Crippen LogP contribution is 2.17. The summed E-state index contributed by atoms with van der Waals surface area (Å²) in [5, 5.41) is 5.15. The fourth-order valence-electron chi connectivity index (χ4n) is 1.68. The largest absolute Gasteiger partial charge is 0.469 e. The van der Waals surface area contributed by atoms with Crippen LogP contribution in [0.5, 0.6) is 0 Å². The lowest BCUT2D eigenvalue weighted by Crippen LogP contribution is -2.44. The molecule has 0 fully saturated rings. The number of nitrogens with one attached hydrogen (secondary N) is 2. The summed E-state index contributed by atoms with van der Waals surface area (Å²) in [5.41, 5.74) is 0.939. The minimum Gasteiger partial charge on any atom is -0.469 e. The molecule has 0 aliphatic carbocycles. The molecule has 0 saturated carbocycles. The predicted molar refractivity (Wildman–Crippen MR) is 78.7 cm³/mol. The first-order valence-electron chi connectivity index (χ1n) is 6.59. The van der Waals surface area contributed by atoms with Crippen LogP contribution in [0, 0.1) is 5.92 Å². The van der Waals surface area contributed by atoms with Gasteiger partial charge in [-0.1, -0.05) is 6.92 Å². The van der Waals surface area contributed by atoms with Crippen LogP contribution in [0.2, 0.25) is 0 Å². The Bertz CT molecular complexity index is 450. The molecule has 0 aromatic heterocycles. The van der Waals surface area contributed by atoms with Crippen molar-refractivity contribution in [1.82, 2.24) is 10.6 Å². The smallest absolute Gasteiger partial charge is 0.337 e. The van der Waals surface area contributed by atoms with Crippen molar-refractivity contribution < 1.29 is 23.9 Å². The van der Waals surface area contributed by atoms with Crippen molar-refractivity contribution in [1.29, 1.82) is 0 Å². The van der Waals surface area contributed by atoms with Crippen molar-refractivity contribution in [2.45, 2.75) is 13.8 Å². The van der Waals surface area contributed by atoms with Crippen LogP contribution in [0.25, 0.3) is 0 Å². The molecular weight excluding hydrogens is 296 g/mol. The third kappa shape index (κ3) is 5.30. The van der Waals surface area contributed by atoms with Gasteiger partial charge in [-0.2, -0.15) is 11.8 Å². The lowest BCUT2D eigenvalue weighted by molar-refractivity contribution is -0.144. The topological polar surface area (TPSA) is 93.7 Å². The minimum absolute atomic E-state index is 0.146. The van der Waals surface area contributed by atoms with Crippen molar-refractivity contribution >= 4 is 29.7 Å². The SMILES string of the molecule is CCOC(=O)C1=C(CSCC(C)C(=O)OC)NC(=O)NC1. The molecule has 118 valence electrons. The van der Waals surface area contributed by atoms with E-state index in [9.17, 15) is 14.4 Å². The van der Waals surface area contributed by atoms with Gasteiger partial charge in [0.15, 0.2) is 0 Å². The first kappa shape index (κ1) is 17.4. The maximum Gasteiger partial charge on any atom is 0.337 e. The molecule has 1 aliphatic heterocycles. The summed E-state index contributed by atoms with van der Waals surface area (Å²) < 4.78 is 9.60. The maximum absolute atomic E-state index is 11.8. The van der Waals surface area contributed by atoms with E-state index in [1.54, 1.807) is 13.8 Å². The second kappa shape index (κ2) is 8.56. The minimum atomic E-state index is -0.443. The van der Waals surface area contributed by atoms with Gasteiger partial charge >= 0.3 is 18.0 Å². The average molecular weight is 316 g/mol. The molecule has 7 nitrogen and oxygen atoms in total. The molecule has 1 rings (SSSR count). The number of esters is 2. The third-order valence-corrected chi connectivity index (χ3v) is 4.02. The van der Waals surface area contributed by atoms with Crippen LogP contribution in [0.3, 0.4) is 0 Å². The van der Waals surface area contributed by atoms with Crippen LogP contribution in [-0.4, -0.2) is 49.7 Å². The first-order valence-corrected chi connectivity index (χ1v) is 7.74. The second-order valence-corrected chi connectivity index (χ2v) is 5.45. The molecular formula is C13H20N2O5S. The standard InChI is InChI=1S/C13H20N2O5S/c1-4-20-12(17)9-5-14-13(18)15-10(9)7-21-6-8(2)11(16)19-3/h8H,4-7H2,1-3H3,(H2,14,15,18). The van der Waals surface area contributed by atoms with Gasteiger partial charge in [0.25, 0.3) is 0 Å². The number of hydrogen-bond acceptors (Lipinski definition) is 6. The van der Waals surface area contributed by atoms with Crippen LogP contribution in [0.1, 0.15) is 13.8 Å². The average Bonchev–Trinajstić information content (AvgIpc) is 2.46. The molecule has 21 heavy (non-hydrogen) atoms. The van der Waals surface area contributed by atoms with Gasteiger partial charge in [-0.3, -0.25) is 4.79 Å². The van der Waals surface area contributed by atoms with E-state index in [4.69, 9.17) is 4.74 Å². The summed E-state index contributed by atoms with van der Waals surface area (Å²) in [7, 11) is 1.35. The van der Waals surface area contributed by atoms with Gasteiger partial charge in [-0.05, 0) is 6.92 Å². The Balaban J connectivity index is 2.64. The first-order chi connectivity index (χ1) is 9.99. The quantitative estimate of drug-likeness (QED) is 0.670. The molecule has 0 saturated heterocycles. The van der Waals surface area contributed by atoms with E-state index in [0.717, 1.165) is 0 Å². The Morgan fingerprint density at radius 3 is 2.76 bits per heavy atom. The van der Waals surface area contributed by atoms with E-state index in [1.165, 1.54) is 18.9 Å². The Kier molecular flexibility index (Phi) is 7.07. The van der Waals surface area contributed by atoms with Crippen LogP contribution in [0.15, 0.2) is 11.3 Å². The van der Waals surface area contributed by atoms with Crippen molar-refractivity contribution in [3.63, 3.8) is 0 Å². The summed E-state index contributed by atoms with van der Waals surface area (Å²) in [4.78, 5) is 34.5. The second-order valence-electron chi connectivity index (χ2n) is 4.42. The van der Waals surface area contributed by atoms with Gasteiger partial charge < -0.3 is 20.1 Å². The zero-order valence-corrected chi connectivity index (χ0v) is 13.2. The molecule has 1 atom stereocenters. The summed E-state index contributed by atoms with van der Waals surface area (Å²) in [6.45, 7) is 3.91. The highest BCUT2D eigenvalue weighted by molar-refractivity contribution is 7.99. The van der Waals surface area contributed by atoms with Gasteiger partial charge in [0, 0.05) is 17.2 Å². The van der Waals surface area contributed by atoms with Gasteiger partial charge in [0.2, 0.25) is 0 Å². The van der Waals surface area contributed by atoms with Crippen LogP contribution in [0.4, 0.5) is 4.79 Å². The molecule has 0 aromatic carbocycles. The summed E-state index contributed by atoms with van der Waals surface area (Å²) >= 11 is 1.44. The molecule has 1 unspecified atom stereocenters. The number of carbonyl (C=O) groups excluding carboxylic acids is 3. The highest BCUT2D eigenvalue weighted by atomic mass is 32.2. The number of methoxy groups -OCH3 is 1. The molecule has 2 amide bonds. The highest BCUT2D eigenvalue weighted by Gasteiger charge is 2.24. The van der Waals surface area contributed by atoms with Crippen LogP contribution in [-0.2, 0) is 19.1 Å². The van der Waals surface area contributed by atoms with Gasteiger partial charge in [-0.25, -0.2) is 9.59 Å². The monoisotopic (exact) mass is 316 g/mol. The maximum atomic E-state index is 11.8. The van der Waals surface area contributed by atoms with E-state index >= 15 is 0 Å². The van der Waals surface area contributed by atoms with E-state index in [2.05, 4.69) is 15.4 Å². The molecule has 1 heterocycles. The Morgan fingerprint density at radius 2 is 2.14 bits per heavy atom. The number of rotatable bonds is 7. The normalized spacial score (nSPS) is 15.9. The number of amides is 2. The summed E-state index contributed by atoms with van der Waals surface area (Å²) in [5.74, 6) is -0.0134. The van der Waals surface area contributed by atoms with Crippen molar-refractivity contribution in [2.75, 3.05) is 31.8 Å². The summed E-state index contributed by atoms with van der Waals surface area (Å²) in [6.07, 6.45) is 0. The van der Waals surface area contributed by atoms with E-state index in [1.807, 2.05) is 0 Å².